The predicted octanol–water partition coefficient (Wildman–Crippen LogP) is 5.25. The molecule has 3 heteroatoms. The molecule has 0 heterocycles. The summed E-state index contributed by atoms with van der Waals surface area (Å²) in [4.78, 5) is 0. The first kappa shape index (κ1) is 20.7. The van der Waals surface area contributed by atoms with Crippen LogP contribution in [0.25, 0.3) is 10.8 Å². The summed E-state index contributed by atoms with van der Waals surface area (Å²) >= 11 is 0. The summed E-state index contributed by atoms with van der Waals surface area (Å²) in [5.74, 6) is 1.47. The molecule has 0 saturated carbocycles. The lowest BCUT2D eigenvalue weighted by Gasteiger charge is -2.25. The quantitative estimate of drug-likeness (QED) is 0.476. The van der Waals surface area contributed by atoms with Gasteiger partial charge in [0.15, 0.2) is 0 Å². The topological polar surface area (TPSA) is 41.5 Å². The smallest absolute Gasteiger partial charge is 0.123 e. The molecule has 2 aromatic rings. The van der Waals surface area contributed by atoms with Crippen LogP contribution in [0.3, 0.4) is 0 Å². The minimum absolute atomic E-state index is 0.0272. The van der Waals surface area contributed by atoms with Gasteiger partial charge < -0.3 is 9.84 Å². The van der Waals surface area contributed by atoms with Crippen LogP contribution in [0.4, 0.5) is 0 Å². The van der Waals surface area contributed by atoms with Gasteiger partial charge in [-0.3, -0.25) is 5.32 Å². The van der Waals surface area contributed by atoms with Gasteiger partial charge in [0, 0.05) is 5.56 Å². The largest absolute Gasteiger partial charge is 0.493 e. The standard InChI is InChI=1S/C23H35NO2/c1-6-24-21(25)16-17(2)10-9-15-26-20-14-13-18-11-7-8-12-19(18)22(20)23(3,4)5/h7-8,11-14,17,21,24-25H,6,9-10,15-16H2,1-5H3. The Morgan fingerprint density at radius 1 is 1.12 bits per heavy atom. The van der Waals surface area contributed by atoms with E-state index in [0.29, 0.717) is 12.5 Å². The predicted molar refractivity (Wildman–Crippen MR) is 111 cm³/mol. The molecule has 0 radical (unpaired) electrons. The molecule has 0 aliphatic rings. The molecule has 0 aliphatic heterocycles. The van der Waals surface area contributed by atoms with E-state index in [0.717, 1.165) is 31.6 Å². The highest BCUT2D eigenvalue weighted by atomic mass is 16.5. The van der Waals surface area contributed by atoms with Gasteiger partial charge in [-0.05, 0) is 54.0 Å². The number of hydrogen-bond donors (Lipinski definition) is 2. The van der Waals surface area contributed by atoms with Crippen LogP contribution in [0.5, 0.6) is 5.75 Å². The fourth-order valence-corrected chi connectivity index (χ4v) is 3.58. The van der Waals surface area contributed by atoms with E-state index in [1.54, 1.807) is 0 Å². The van der Waals surface area contributed by atoms with E-state index in [2.05, 4.69) is 69.4 Å². The van der Waals surface area contributed by atoms with Crippen molar-refractivity contribution in [2.45, 2.75) is 65.5 Å². The molecule has 2 rings (SSSR count). The van der Waals surface area contributed by atoms with Gasteiger partial charge in [-0.1, -0.05) is 65.0 Å². The maximum Gasteiger partial charge on any atom is 0.123 e. The van der Waals surface area contributed by atoms with Crippen molar-refractivity contribution in [2.75, 3.05) is 13.2 Å². The summed E-state index contributed by atoms with van der Waals surface area (Å²) < 4.78 is 6.20. The van der Waals surface area contributed by atoms with Gasteiger partial charge in [0.2, 0.25) is 0 Å². The molecule has 0 fully saturated rings. The maximum atomic E-state index is 9.84. The number of nitrogens with one attached hydrogen (secondary N) is 1. The average Bonchev–Trinajstić information content (AvgIpc) is 2.57. The number of fused-ring (bicyclic) bond motifs is 1. The molecule has 0 aliphatic carbocycles. The van der Waals surface area contributed by atoms with Gasteiger partial charge in [0.1, 0.15) is 12.0 Å². The summed E-state index contributed by atoms with van der Waals surface area (Å²) in [6.07, 6.45) is 2.44. The fraction of sp³-hybridized carbons (Fsp3) is 0.565. The average molecular weight is 358 g/mol. The molecule has 2 aromatic carbocycles. The maximum absolute atomic E-state index is 9.84. The summed E-state index contributed by atoms with van der Waals surface area (Å²) in [6, 6.07) is 12.8. The molecular formula is C23H35NO2. The van der Waals surface area contributed by atoms with Gasteiger partial charge in [0.25, 0.3) is 0 Å². The van der Waals surface area contributed by atoms with E-state index in [1.807, 2.05) is 6.92 Å². The third-order valence-corrected chi connectivity index (χ3v) is 4.80. The first-order valence-corrected chi connectivity index (χ1v) is 9.89. The molecule has 0 aromatic heterocycles. The van der Waals surface area contributed by atoms with E-state index in [-0.39, 0.29) is 5.41 Å². The Morgan fingerprint density at radius 3 is 2.54 bits per heavy atom. The Kier molecular flexibility index (Phi) is 7.48. The zero-order valence-electron chi connectivity index (χ0n) is 17.0. The second-order valence-corrected chi connectivity index (χ2v) is 8.31. The van der Waals surface area contributed by atoms with Crippen LogP contribution >= 0.6 is 0 Å². The summed E-state index contributed by atoms with van der Waals surface area (Å²) in [5.41, 5.74) is 1.31. The lowest BCUT2D eigenvalue weighted by atomic mass is 9.83. The van der Waals surface area contributed by atoms with Gasteiger partial charge in [0.05, 0.1) is 6.61 Å². The highest BCUT2D eigenvalue weighted by molar-refractivity contribution is 5.88. The van der Waals surface area contributed by atoms with E-state index in [1.165, 1.54) is 16.3 Å². The molecule has 0 amide bonds. The van der Waals surface area contributed by atoms with Gasteiger partial charge in [-0.25, -0.2) is 0 Å². The van der Waals surface area contributed by atoms with Crippen LogP contribution in [-0.2, 0) is 5.41 Å². The molecule has 2 N–H and O–H groups in total. The molecule has 0 bridgehead atoms. The van der Waals surface area contributed by atoms with Crippen LogP contribution < -0.4 is 10.1 Å². The van der Waals surface area contributed by atoms with Crippen molar-refractivity contribution in [3.63, 3.8) is 0 Å². The third kappa shape index (κ3) is 5.72. The SMILES string of the molecule is CCNC(O)CC(C)CCCOc1ccc2ccccc2c1C(C)(C)C. The number of benzene rings is 2. The van der Waals surface area contributed by atoms with Crippen LogP contribution in [-0.4, -0.2) is 24.5 Å². The van der Waals surface area contributed by atoms with Crippen LogP contribution in [0.15, 0.2) is 36.4 Å². The molecule has 26 heavy (non-hydrogen) atoms. The Hall–Kier alpha value is -1.58. The van der Waals surface area contributed by atoms with Crippen LogP contribution in [0, 0.1) is 5.92 Å². The summed E-state index contributed by atoms with van der Waals surface area (Å²) in [7, 11) is 0. The summed E-state index contributed by atoms with van der Waals surface area (Å²) in [5, 5.41) is 15.4. The molecule has 3 nitrogen and oxygen atoms in total. The highest BCUT2D eigenvalue weighted by Crippen LogP contribution is 2.37. The Labute approximate surface area is 158 Å². The Bertz CT molecular complexity index is 690. The highest BCUT2D eigenvalue weighted by Gasteiger charge is 2.22. The molecule has 0 spiro atoms. The third-order valence-electron chi connectivity index (χ3n) is 4.80. The molecule has 144 valence electrons. The minimum atomic E-state index is -0.399. The van der Waals surface area contributed by atoms with E-state index in [4.69, 9.17) is 4.74 Å². The number of aliphatic hydroxyl groups excluding tert-OH is 1. The number of aliphatic hydroxyl groups is 1. The number of ether oxygens (including phenoxy) is 1. The zero-order chi connectivity index (χ0) is 19.2. The van der Waals surface area contributed by atoms with Crippen molar-refractivity contribution in [1.82, 2.24) is 5.32 Å². The summed E-state index contributed by atoms with van der Waals surface area (Å²) in [6.45, 7) is 12.4. The van der Waals surface area contributed by atoms with E-state index < -0.39 is 6.23 Å². The Balaban J connectivity index is 1.98. The first-order valence-electron chi connectivity index (χ1n) is 9.89. The number of rotatable bonds is 9. The zero-order valence-corrected chi connectivity index (χ0v) is 17.0. The minimum Gasteiger partial charge on any atom is -0.493 e. The molecule has 0 saturated heterocycles. The van der Waals surface area contributed by atoms with Crippen LogP contribution in [0.2, 0.25) is 0 Å². The van der Waals surface area contributed by atoms with Crippen molar-refractivity contribution in [3.8, 4) is 5.75 Å². The molecule has 2 atom stereocenters. The Morgan fingerprint density at radius 2 is 1.85 bits per heavy atom. The van der Waals surface area contributed by atoms with Crippen molar-refractivity contribution in [3.05, 3.63) is 42.0 Å². The van der Waals surface area contributed by atoms with E-state index >= 15 is 0 Å². The first-order chi connectivity index (χ1) is 12.3. The lowest BCUT2D eigenvalue weighted by Crippen LogP contribution is -2.30. The normalized spacial score (nSPS) is 14.4. The van der Waals surface area contributed by atoms with Crippen molar-refractivity contribution < 1.29 is 9.84 Å². The van der Waals surface area contributed by atoms with Gasteiger partial charge >= 0.3 is 0 Å². The lowest BCUT2D eigenvalue weighted by molar-refractivity contribution is 0.110. The van der Waals surface area contributed by atoms with Gasteiger partial charge in [-0.2, -0.15) is 0 Å². The number of hydrogen-bond acceptors (Lipinski definition) is 3. The second-order valence-electron chi connectivity index (χ2n) is 8.31. The van der Waals surface area contributed by atoms with Gasteiger partial charge in [-0.15, -0.1) is 0 Å². The molecular weight excluding hydrogens is 322 g/mol. The fourth-order valence-electron chi connectivity index (χ4n) is 3.58. The van der Waals surface area contributed by atoms with Crippen molar-refractivity contribution >= 4 is 10.8 Å². The monoisotopic (exact) mass is 357 g/mol. The van der Waals surface area contributed by atoms with Crippen molar-refractivity contribution in [2.24, 2.45) is 5.92 Å². The van der Waals surface area contributed by atoms with Crippen molar-refractivity contribution in [1.29, 1.82) is 0 Å². The van der Waals surface area contributed by atoms with E-state index in [9.17, 15) is 5.11 Å². The van der Waals surface area contributed by atoms with Crippen LogP contribution in [0.1, 0.15) is 59.4 Å². The molecule has 2 unspecified atom stereocenters. The second kappa shape index (κ2) is 9.38.